The molecule has 0 aromatic heterocycles. The molecule has 8 heteroatoms. The van der Waals surface area contributed by atoms with Crippen LogP contribution in [0, 0.1) is 18.8 Å². The molecule has 206 valence electrons. The first-order valence-electron chi connectivity index (χ1n) is 13.4. The van der Waals surface area contributed by atoms with E-state index in [-0.39, 0.29) is 37.0 Å². The van der Waals surface area contributed by atoms with Crippen molar-refractivity contribution in [2.45, 2.75) is 91.4 Å². The normalized spacial score (nSPS) is 21.9. The highest BCUT2D eigenvalue weighted by atomic mass is 19.3. The van der Waals surface area contributed by atoms with Crippen LogP contribution >= 0.6 is 0 Å². The van der Waals surface area contributed by atoms with Crippen molar-refractivity contribution in [3.8, 4) is 0 Å². The molecule has 1 N–H and O–H groups in total. The molecule has 1 saturated carbocycles. The number of benzene rings is 1. The fourth-order valence-corrected chi connectivity index (χ4v) is 5.00. The Kier molecular flexibility index (Phi) is 9.37. The maximum absolute atomic E-state index is 13.3. The van der Waals surface area contributed by atoms with E-state index in [0.717, 1.165) is 48.2 Å². The Morgan fingerprint density at radius 1 is 1.19 bits per heavy atom. The Hall–Kier alpha value is -2.48. The number of nitrogens with one attached hydrogen (secondary N) is 1. The number of esters is 1. The van der Waals surface area contributed by atoms with Gasteiger partial charge in [0.25, 0.3) is 5.91 Å². The molecule has 1 aromatic carbocycles. The Labute approximate surface area is 219 Å². The molecular formula is C29H42F2N2O4. The summed E-state index contributed by atoms with van der Waals surface area (Å²) in [6.45, 7) is 11.7. The molecule has 1 fully saturated rings. The summed E-state index contributed by atoms with van der Waals surface area (Å²) in [5.74, 6) is -0.0664. The van der Waals surface area contributed by atoms with E-state index in [1.54, 1.807) is 6.07 Å². The van der Waals surface area contributed by atoms with E-state index in [0.29, 0.717) is 11.5 Å². The number of hydrogen-bond donors (Lipinski definition) is 1. The molecule has 1 aliphatic heterocycles. The molecule has 1 heterocycles. The minimum atomic E-state index is -3.18. The second-order valence-electron chi connectivity index (χ2n) is 11.4. The van der Waals surface area contributed by atoms with Crippen LogP contribution in [0.1, 0.15) is 82.6 Å². The summed E-state index contributed by atoms with van der Waals surface area (Å²) in [5.41, 5.74) is 0.894. The predicted octanol–water partition coefficient (Wildman–Crippen LogP) is 4.11. The number of nitrogens with zero attached hydrogens (tertiary/aromatic N) is 1. The summed E-state index contributed by atoms with van der Waals surface area (Å²) in [6.07, 6.45) is 4.28. The van der Waals surface area contributed by atoms with Crippen LogP contribution in [0.3, 0.4) is 0 Å². The third kappa shape index (κ3) is 8.00. The number of halogens is 2. The van der Waals surface area contributed by atoms with Gasteiger partial charge in [-0.1, -0.05) is 19.1 Å². The lowest BCUT2D eigenvalue weighted by Crippen LogP contribution is -2.37. The van der Waals surface area contributed by atoms with Gasteiger partial charge in [0.15, 0.2) is 0 Å². The predicted molar refractivity (Wildman–Crippen MR) is 140 cm³/mol. The van der Waals surface area contributed by atoms with Crippen molar-refractivity contribution in [3.05, 3.63) is 33.7 Å². The summed E-state index contributed by atoms with van der Waals surface area (Å²) in [5, 5.41) is 4.76. The fraction of sp³-hybridized carbons (Fsp3) is 0.655. The Morgan fingerprint density at radius 2 is 1.92 bits per heavy atom. The van der Waals surface area contributed by atoms with Gasteiger partial charge in [-0.05, 0) is 83.1 Å². The van der Waals surface area contributed by atoms with Crippen LogP contribution in [0.2, 0.25) is 0 Å². The molecule has 3 rings (SSSR count). The van der Waals surface area contributed by atoms with Gasteiger partial charge in [0.2, 0.25) is 0 Å². The monoisotopic (exact) mass is 520 g/mol. The van der Waals surface area contributed by atoms with Crippen LogP contribution in [0.4, 0.5) is 8.78 Å². The molecular weight excluding hydrogens is 478 g/mol. The summed E-state index contributed by atoms with van der Waals surface area (Å²) in [4.78, 5) is 27.7. The van der Waals surface area contributed by atoms with Crippen molar-refractivity contribution in [2.24, 2.45) is 11.8 Å². The Balaban J connectivity index is 1.70. The lowest BCUT2D eigenvalue weighted by molar-refractivity contribution is -0.238. The van der Waals surface area contributed by atoms with Crippen molar-refractivity contribution >= 4 is 24.2 Å². The van der Waals surface area contributed by atoms with E-state index in [1.807, 2.05) is 33.8 Å². The lowest BCUT2D eigenvalue weighted by atomic mass is 10.0. The largest absolute Gasteiger partial charge is 0.460 e. The highest BCUT2D eigenvalue weighted by molar-refractivity contribution is 5.95. The fourth-order valence-electron chi connectivity index (χ4n) is 5.00. The summed E-state index contributed by atoms with van der Waals surface area (Å²) < 4.78 is 36.7. The zero-order valence-corrected chi connectivity index (χ0v) is 23.0. The zero-order chi connectivity index (χ0) is 27.4. The highest BCUT2D eigenvalue weighted by Gasteiger charge is 2.34. The second-order valence-corrected chi connectivity index (χ2v) is 11.4. The zero-order valence-electron chi connectivity index (χ0n) is 23.0. The number of fused-ring (bicyclic) bond motifs is 1. The molecule has 0 spiro atoms. The molecule has 0 saturated heterocycles. The standard InChI is InChI=1S/C29H42F2N2O4/c1-7-29(30,31)36-15-14-32-26(34)24-13-12-22-10-8-19(2)33(18-25(22)20(24)3)17-21-9-11-23(16-21)27(35)37-28(4,5)6/h10,12-13,18-19,21,23H,7-9,11,14-17H2,1-6H3,(H,32,34). The van der Waals surface area contributed by atoms with Crippen LogP contribution in [0.5, 0.6) is 0 Å². The number of rotatable bonds is 9. The third-order valence-electron chi connectivity index (χ3n) is 7.20. The van der Waals surface area contributed by atoms with E-state index in [9.17, 15) is 18.4 Å². The maximum Gasteiger partial charge on any atom is 0.355 e. The van der Waals surface area contributed by atoms with Gasteiger partial charge in [-0.3, -0.25) is 9.59 Å². The summed E-state index contributed by atoms with van der Waals surface area (Å²) in [7, 11) is 0. The van der Waals surface area contributed by atoms with Crippen LogP contribution in [0.15, 0.2) is 12.1 Å². The first-order chi connectivity index (χ1) is 17.3. The van der Waals surface area contributed by atoms with E-state index < -0.39 is 18.1 Å². The number of alkyl halides is 2. The van der Waals surface area contributed by atoms with Gasteiger partial charge in [0, 0.05) is 42.5 Å². The van der Waals surface area contributed by atoms with Crippen molar-refractivity contribution in [1.82, 2.24) is 10.2 Å². The first-order valence-corrected chi connectivity index (χ1v) is 13.4. The molecule has 6 nitrogen and oxygen atoms in total. The van der Waals surface area contributed by atoms with Crippen molar-refractivity contribution in [2.75, 3.05) is 19.7 Å². The number of ether oxygens (including phenoxy) is 2. The van der Waals surface area contributed by atoms with E-state index >= 15 is 0 Å². The molecule has 37 heavy (non-hydrogen) atoms. The third-order valence-corrected chi connectivity index (χ3v) is 7.20. The van der Waals surface area contributed by atoms with Crippen molar-refractivity contribution in [1.29, 1.82) is 0 Å². The van der Waals surface area contributed by atoms with Crippen LogP contribution < -0.4 is 15.8 Å². The molecule has 0 bridgehead atoms. The molecule has 1 amide bonds. The van der Waals surface area contributed by atoms with Crippen LogP contribution in [-0.4, -0.2) is 54.2 Å². The number of hydrogen-bond acceptors (Lipinski definition) is 5. The molecule has 0 radical (unpaired) electrons. The van der Waals surface area contributed by atoms with Gasteiger partial charge in [-0.2, -0.15) is 8.78 Å². The van der Waals surface area contributed by atoms with Gasteiger partial charge < -0.3 is 19.7 Å². The highest BCUT2D eigenvalue weighted by Crippen LogP contribution is 2.34. The maximum atomic E-state index is 13.3. The van der Waals surface area contributed by atoms with Gasteiger partial charge >= 0.3 is 12.1 Å². The molecule has 3 unspecified atom stereocenters. The van der Waals surface area contributed by atoms with E-state index in [2.05, 4.69) is 34.2 Å². The smallest absolute Gasteiger partial charge is 0.355 e. The summed E-state index contributed by atoms with van der Waals surface area (Å²) >= 11 is 0. The Morgan fingerprint density at radius 3 is 2.59 bits per heavy atom. The van der Waals surface area contributed by atoms with Gasteiger partial charge in [-0.25, -0.2) is 0 Å². The van der Waals surface area contributed by atoms with Gasteiger partial charge in [0.05, 0.1) is 12.5 Å². The first kappa shape index (κ1) is 29.1. The quantitative estimate of drug-likeness (QED) is 0.392. The summed E-state index contributed by atoms with van der Waals surface area (Å²) in [6, 6.07) is 4.01. The van der Waals surface area contributed by atoms with E-state index in [4.69, 9.17) is 4.74 Å². The minimum absolute atomic E-state index is 0.00441. The average molecular weight is 521 g/mol. The van der Waals surface area contributed by atoms with E-state index in [1.165, 1.54) is 6.92 Å². The number of carbonyl (C=O) groups excluding carboxylic acids is 2. The number of carbonyl (C=O) groups is 2. The van der Waals surface area contributed by atoms with Gasteiger partial charge in [-0.15, -0.1) is 0 Å². The second kappa shape index (κ2) is 11.9. The molecule has 1 aromatic rings. The molecule has 2 aliphatic rings. The van der Waals surface area contributed by atoms with Crippen molar-refractivity contribution in [3.63, 3.8) is 0 Å². The minimum Gasteiger partial charge on any atom is -0.460 e. The topological polar surface area (TPSA) is 67.9 Å². The number of amides is 1. The van der Waals surface area contributed by atoms with Crippen molar-refractivity contribution < 1.29 is 27.8 Å². The molecule has 1 aliphatic carbocycles. The van der Waals surface area contributed by atoms with Crippen LogP contribution in [0.25, 0.3) is 12.3 Å². The average Bonchev–Trinajstić information content (AvgIpc) is 3.22. The Bertz CT molecular complexity index is 1100. The lowest BCUT2D eigenvalue weighted by Gasteiger charge is -2.29. The van der Waals surface area contributed by atoms with Gasteiger partial charge in [0.1, 0.15) is 5.60 Å². The SMILES string of the molecule is CCC(F)(F)OCCNC(=O)c1ccc2c(c1C)=CN(CC1CCC(C(=O)OC(C)(C)C)C1)C(C)CC=2. The molecule has 3 atom stereocenters. The van der Waals surface area contributed by atoms with Crippen LogP contribution in [-0.2, 0) is 14.3 Å².